The Morgan fingerprint density at radius 3 is 2.80 bits per heavy atom. The Hall–Kier alpha value is -0.770. The van der Waals surface area contributed by atoms with Crippen LogP contribution in [0.4, 0.5) is 5.69 Å². The number of nitrogens with one attached hydrogen (secondary N) is 2. The summed E-state index contributed by atoms with van der Waals surface area (Å²) in [6.07, 6.45) is 3.86. The Kier molecular flexibility index (Phi) is 5.30. The molecule has 1 aromatic carbocycles. The van der Waals surface area contributed by atoms with E-state index in [2.05, 4.69) is 17.6 Å². The first-order valence-corrected chi connectivity index (χ1v) is 7.80. The number of hydrogen-bond donors (Lipinski definition) is 2. The van der Waals surface area contributed by atoms with Crippen LogP contribution in [0.25, 0.3) is 0 Å². The number of halogens is 2. The van der Waals surface area contributed by atoms with E-state index in [1.54, 1.807) is 18.2 Å². The van der Waals surface area contributed by atoms with Crippen LogP contribution in [-0.2, 0) is 4.79 Å². The van der Waals surface area contributed by atoms with Crippen molar-refractivity contribution < 1.29 is 4.79 Å². The highest BCUT2D eigenvalue weighted by Gasteiger charge is 2.38. The third-order valence-corrected chi connectivity index (χ3v) is 4.60. The Balaban J connectivity index is 2.13. The summed E-state index contributed by atoms with van der Waals surface area (Å²) in [5.74, 6) is 0.0740. The molecule has 110 valence electrons. The highest BCUT2D eigenvalue weighted by molar-refractivity contribution is 6.42. The standard InChI is InChI=1S/C15H20Cl2N2O/c1-2-6-15(7-3-8-18-10-15)14(20)19-11-4-5-12(16)13(17)9-11/h4-5,9,18H,2-3,6-8,10H2,1H3,(H,19,20). The first-order valence-electron chi connectivity index (χ1n) is 7.04. The molecule has 1 unspecified atom stereocenters. The number of hydrogen-bond acceptors (Lipinski definition) is 2. The third-order valence-electron chi connectivity index (χ3n) is 3.86. The molecule has 1 aromatic rings. The minimum atomic E-state index is -0.306. The van der Waals surface area contributed by atoms with E-state index in [9.17, 15) is 4.79 Å². The first kappa shape index (κ1) is 15.6. The van der Waals surface area contributed by atoms with Crippen molar-refractivity contribution in [2.75, 3.05) is 18.4 Å². The minimum Gasteiger partial charge on any atom is -0.326 e. The van der Waals surface area contributed by atoms with Gasteiger partial charge in [0.25, 0.3) is 0 Å². The van der Waals surface area contributed by atoms with Crippen LogP contribution >= 0.6 is 23.2 Å². The van der Waals surface area contributed by atoms with Crippen LogP contribution in [0.15, 0.2) is 18.2 Å². The van der Waals surface area contributed by atoms with Crippen LogP contribution in [0.3, 0.4) is 0 Å². The topological polar surface area (TPSA) is 41.1 Å². The van der Waals surface area contributed by atoms with E-state index in [1.807, 2.05) is 0 Å². The number of rotatable bonds is 4. The van der Waals surface area contributed by atoms with Crippen molar-refractivity contribution in [2.45, 2.75) is 32.6 Å². The lowest BCUT2D eigenvalue weighted by atomic mass is 9.76. The maximum Gasteiger partial charge on any atom is 0.231 e. The predicted octanol–water partition coefficient (Wildman–Crippen LogP) is 4.10. The Bertz CT molecular complexity index is 479. The largest absolute Gasteiger partial charge is 0.326 e. The maximum absolute atomic E-state index is 12.6. The number of piperidine rings is 1. The van der Waals surface area contributed by atoms with Gasteiger partial charge in [-0.25, -0.2) is 0 Å². The molecule has 1 atom stereocenters. The van der Waals surface area contributed by atoms with Gasteiger partial charge >= 0.3 is 0 Å². The molecule has 0 radical (unpaired) electrons. The van der Waals surface area contributed by atoms with Crippen LogP contribution in [0.5, 0.6) is 0 Å². The first-order chi connectivity index (χ1) is 9.57. The van der Waals surface area contributed by atoms with Crippen LogP contribution in [0, 0.1) is 5.41 Å². The van der Waals surface area contributed by atoms with E-state index in [-0.39, 0.29) is 11.3 Å². The van der Waals surface area contributed by atoms with Crippen molar-refractivity contribution >= 4 is 34.8 Å². The summed E-state index contributed by atoms with van der Waals surface area (Å²) in [5.41, 5.74) is 0.393. The lowest BCUT2D eigenvalue weighted by Crippen LogP contribution is -2.48. The summed E-state index contributed by atoms with van der Waals surface area (Å²) in [4.78, 5) is 12.6. The zero-order valence-electron chi connectivity index (χ0n) is 11.6. The smallest absolute Gasteiger partial charge is 0.231 e. The number of benzene rings is 1. The summed E-state index contributed by atoms with van der Waals surface area (Å²) < 4.78 is 0. The predicted molar refractivity (Wildman–Crippen MR) is 84.5 cm³/mol. The summed E-state index contributed by atoms with van der Waals surface area (Å²) in [7, 11) is 0. The monoisotopic (exact) mass is 314 g/mol. The molecule has 1 amide bonds. The summed E-state index contributed by atoms with van der Waals surface area (Å²) in [6, 6.07) is 5.17. The van der Waals surface area contributed by atoms with E-state index < -0.39 is 0 Å². The number of amides is 1. The molecular weight excluding hydrogens is 295 g/mol. The second-order valence-electron chi connectivity index (χ2n) is 5.39. The molecule has 1 fully saturated rings. The molecule has 0 aromatic heterocycles. The highest BCUT2D eigenvalue weighted by atomic mass is 35.5. The summed E-state index contributed by atoms with van der Waals surface area (Å²) in [5, 5.41) is 7.27. The average Bonchev–Trinajstić information content (AvgIpc) is 2.44. The van der Waals surface area contributed by atoms with Crippen LogP contribution in [0.1, 0.15) is 32.6 Å². The zero-order valence-corrected chi connectivity index (χ0v) is 13.2. The van der Waals surface area contributed by atoms with Crippen LogP contribution < -0.4 is 10.6 Å². The molecule has 2 rings (SSSR count). The van der Waals surface area contributed by atoms with E-state index in [0.29, 0.717) is 15.7 Å². The molecule has 1 saturated heterocycles. The minimum absolute atomic E-state index is 0.0740. The molecule has 20 heavy (non-hydrogen) atoms. The normalized spacial score (nSPS) is 22.6. The van der Waals surface area contributed by atoms with Gasteiger partial charge < -0.3 is 10.6 Å². The molecule has 3 nitrogen and oxygen atoms in total. The average molecular weight is 315 g/mol. The van der Waals surface area contributed by atoms with Crippen molar-refractivity contribution in [3.8, 4) is 0 Å². The van der Waals surface area contributed by atoms with E-state index >= 15 is 0 Å². The third kappa shape index (κ3) is 3.46. The second-order valence-corrected chi connectivity index (χ2v) is 6.21. The van der Waals surface area contributed by atoms with Gasteiger partial charge in [-0.1, -0.05) is 36.5 Å². The Morgan fingerprint density at radius 1 is 1.40 bits per heavy atom. The van der Waals surface area contributed by atoms with Crippen molar-refractivity contribution in [3.63, 3.8) is 0 Å². The Labute approximate surface area is 130 Å². The SMILES string of the molecule is CCCC1(C(=O)Nc2ccc(Cl)c(Cl)c2)CCCNC1. The molecule has 1 heterocycles. The summed E-state index contributed by atoms with van der Waals surface area (Å²) >= 11 is 11.9. The molecule has 1 aliphatic rings. The quantitative estimate of drug-likeness (QED) is 0.878. The molecule has 2 N–H and O–H groups in total. The molecule has 1 aliphatic heterocycles. The van der Waals surface area contributed by atoms with Gasteiger partial charge in [0.15, 0.2) is 0 Å². The van der Waals surface area contributed by atoms with Gasteiger partial charge in [-0.2, -0.15) is 0 Å². The van der Waals surface area contributed by atoms with E-state index in [1.165, 1.54) is 0 Å². The molecule has 0 spiro atoms. The number of carbonyl (C=O) groups excluding carboxylic acids is 1. The van der Waals surface area contributed by atoms with Gasteiger partial charge in [0, 0.05) is 12.2 Å². The van der Waals surface area contributed by atoms with Gasteiger partial charge in [0.1, 0.15) is 0 Å². The van der Waals surface area contributed by atoms with Crippen molar-refractivity contribution in [3.05, 3.63) is 28.2 Å². The molecular formula is C15H20Cl2N2O. The number of carbonyl (C=O) groups is 1. The zero-order chi connectivity index (χ0) is 14.6. The molecule has 0 aliphatic carbocycles. The van der Waals surface area contributed by atoms with Gasteiger partial charge in [-0.3, -0.25) is 4.79 Å². The fraction of sp³-hybridized carbons (Fsp3) is 0.533. The van der Waals surface area contributed by atoms with Crippen LogP contribution in [0.2, 0.25) is 10.0 Å². The van der Waals surface area contributed by atoms with Gasteiger partial charge in [-0.05, 0) is 44.0 Å². The van der Waals surface area contributed by atoms with Crippen molar-refractivity contribution in [1.82, 2.24) is 5.32 Å². The van der Waals surface area contributed by atoms with Gasteiger partial charge in [-0.15, -0.1) is 0 Å². The number of anilines is 1. The maximum atomic E-state index is 12.6. The molecule has 0 saturated carbocycles. The van der Waals surface area contributed by atoms with Crippen molar-refractivity contribution in [2.24, 2.45) is 5.41 Å². The molecule has 0 bridgehead atoms. The Morgan fingerprint density at radius 2 is 2.20 bits per heavy atom. The van der Waals surface area contributed by atoms with E-state index in [4.69, 9.17) is 23.2 Å². The molecule has 5 heteroatoms. The van der Waals surface area contributed by atoms with E-state index in [0.717, 1.165) is 38.8 Å². The second kappa shape index (κ2) is 6.79. The lowest BCUT2D eigenvalue weighted by Gasteiger charge is -2.36. The van der Waals surface area contributed by atoms with Gasteiger partial charge in [0.05, 0.1) is 15.5 Å². The summed E-state index contributed by atoms with van der Waals surface area (Å²) in [6.45, 7) is 3.85. The fourth-order valence-corrected chi connectivity index (χ4v) is 3.10. The van der Waals surface area contributed by atoms with Gasteiger partial charge in [0.2, 0.25) is 5.91 Å². The lowest BCUT2D eigenvalue weighted by molar-refractivity contribution is -0.127. The fourth-order valence-electron chi connectivity index (χ4n) is 2.80. The van der Waals surface area contributed by atoms with Crippen LogP contribution in [-0.4, -0.2) is 19.0 Å². The highest BCUT2D eigenvalue weighted by Crippen LogP contribution is 2.34. The van der Waals surface area contributed by atoms with Crippen molar-refractivity contribution in [1.29, 1.82) is 0 Å².